The summed E-state index contributed by atoms with van der Waals surface area (Å²) in [5.74, 6) is 0. The second-order valence-electron chi connectivity index (χ2n) is 13.2. The van der Waals surface area contributed by atoms with Crippen molar-refractivity contribution in [2.24, 2.45) is 0 Å². The predicted octanol–water partition coefficient (Wildman–Crippen LogP) is 11.3. The van der Waals surface area contributed by atoms with E-state index in [2.05, 4.69) is 191 Å². The molecule has 0 N–H and O–H groups in total. The summed E-state index contributed by atoms with van der Waals surface area (Å²) in [7, 11) is 0. The van der Waals surface area contributed by atoms with Gasteiger partial charge in [0, 0.05) is 43.4 Å². The first-order valence-corrected chi connectivity index (χ1v) is 17.3. The van der Waals surface area contributed by atoms with E-state index >= 15 is 0 Å². The van der Waals surface area contributed by atoms with Gasteiger partial charge in [0.25, 0.3) is 0 Å². The van der Waals surface area contributed by atoms with Gasteiger partial charge in [-0.3, -0.25) is 0 Å². The van der Waals surface area contributed by atoms with Crippen molar-refractivity contribution in [1.82, 2.24) is 9.13 Å². The molecule has 0 bridgehead atoms. The van der Waals surface area contributed by atoms with Gasteiger partial charge in [0.05, 0.1) is 22.1 Å². The van der Waals surface area contributed by atoms with E-state index in [4.69, 9.17) is 0 Å². The van der Waals surface area contributed by atoms with Gasteiger partial charge in [-0.25, -0.2) is 0 Å². The molecule has 2 nitrogen and oxygen atoms in total. The smallest absolute Gasteiger partial charge is 0.0626 e. The lowest BCUT2D eigenvalue weighted by molar-refractivity contribution is 1.15. The second kappa shape index (κ2) is 10.4. The molecule has 2 heteroatoms. The van der Waals surface area contributed by atoms with E-state index in [1.54, 1.807) is 0 Å². The summed E-state index contributed by atoms with van der Waals surface area (Å²) in [5, 5.41) is 15.0. The summed E-state index contributed by atoms with van der Waals surface area (Å²) in [6.45, 7) is 0. The molecule has 10 aromatic rings. The van der Waals surface area contributed by atoms with E-state index in [0.717, 1.165) is 11.4 Å². The lowest BCUT2D eigenvalue weighted by Crippen LogP contribution is -1.99. The van der Waals surface area contributed by atoms with Gasteiger partial charge < -0.3 is 9.13 Å². The third kappa shape index (κ3) is 3.68. The summed E-state index contributed by atoms with van der Waals surface area (Å²) in [4.78, 5) is 0. The van der Waals surface area contributed by atoms with Gasteiger partial charge in [-0.2, -0.15) is 0 Å². The molecule has 0 fully saturated rings. The highest BCUT2D eigenvalue weighted by Gasteiger charge is 2.19. The molecule has 8 aromatic carbocycles. The first kappa shape index (κ1) is 27.3. The van der Waals surface area contributed by atoms with Crippen molar-refractivity contribution in [3.05, 3.63) is 224 Å². The zero-order chi connectivity index (χ0) is 32.8. The number of benzene rings is 8. The van der Waals surface area contributed by atoms with Crippen molar-refractivity contribution in [2.75, 3.05) is 0 Å². The highest BCUT2D eigenvalue weighted by Crippen LogP contribution is 2.37. The van der Waals surface area contributed by atoms with E-state index in [0.29, 0.717) is 0 Å². The molecular weight excluding hydrogens is 605 g/mol. The second-order valence-corrected chi connectivity index (χ2v) is 13.2. The molecule has 0 aliphatic heterocycles. The molecular formula is C48H30N2. The normalized spacial score (nSPS) is 12.0. The Hall–Kier alpha value is -6.64. The molecule has 0 amide bonds. The van der Waals surface area contributed by atoms with Crippen molar-refractivity contribution in [3.8, 4) is 11.4 Å². The topological polar surface area (TPSA) is 9.86 Å². The minimum atomic E-state index is 1.15. The number of rotatable bonds is 2. The lowest BCUT2D eigenvalue weighted by atomic mass is 9.98. The lowest BCUT2D eigenvalue weighted by Gasteiger charge is -2.12. The van der Waals surface area contributed by atoms with Crippen LogP contribution in [0.3, 0.4) is 0 Å². The summed E-state index contributed by atoms with van der Waals surface area (Å²) in [6, 6.07) is 66.9. The highest BCUT2D eigenvalue weighted by atomic mass is 15.0. The fourth-order valence-electron chi connectivity index (χ4n) is 8.67. The average molecular weight is 635 g/mol. The Labute approximate surface area is 287 Å². The van der Waals surface area contributed by atoms with Crippen molar-refractivity contribution in [1.29, 1.82) is 0 Å². The fraction of sp³-hybridized carbons (Fsp3) is 0. The molecule has 0 radical (unpaired) electrons. The van der Waals surface area contributed by atoms with E-state index in [-0.39, 0.29) is 0 Å². The van der Waals surface area contributed by atoms with Gasteiger partial charge in [-0.1, -0.05) is 146 Å². The van der Waals surface area contributed by atoms with Crippen LogP contribution in [-0.2, 0) is 0 Å². The van der Waals surface area contributed by atoms with Crippen molar-refractivity contribution >= 4 is 43.6 Å². The van der Waals surface area contributed by atoms with Crippen LogP contribution in [0.1, 0.15) is 0 Å². The molecule has 0 unspecified atom stereocenters. The molecule has 2 aromatic heterocycles. The van der Waals surface area contributed by atoms with Crippen LogP contribution in [0.5, 0.6) is 0 Å². The van der Waals surface area contributed by atoms with Crippen molar-refractivity contribution in [2.45, 2.75) is 0 Å². The quantitative estimate of drug-likeness (QED) is 0.179. The summed E-state index contributed by atoms with van der Waals surface area (Å²) in [6.07, 6.45) is 0. The predicted molar refractivity (Wildman–Crippen MR) is 205 cm³/mol. The van der Waals surface area contributed by atoms with E-state index < -0.39 is 0 Å². The summed E-state index contributed by atoms with van der Waals surface area (Å²) in [5.41, 5.74) is 7.16. The standard InChI is InChI=1S/C48H30N2/c1-3-15-31(16-4-1)49-43-25-13-11-23-37(43)41-29-27-39-35-21-9-7-19-33(35)34-20-8-10-22-36(34)40-28-30-42-38-24-12-14-26-44(38)50(32-17-5-2-6-18-32)48(42)46(40)45(39)47(41)49/h1-30H. The fourth-order valence-corrected chi connectivity index (χ4v) is 8.67. The van der Waals surface area contributed by atoms with Crippen LogP contribution in [0.4, 0.5) is 0 Å². The van der Waals surface area contributed by atoms with E-state index in [1.165, 1.54) is 85.4 Å². The molecule has 50 heavy (non-hydrogen) atoms. The monoisotopic (exact) mass is 634 g/mol. The maximum atomic E-state index is 2.50. The number of fused-ring (bicyclic) bond motifs is 12. The van der Waals surface area contributed by atoms with Crippen molar-refractivity contribution < 1.29 is 0 Å². The maximum absolute atomic E-state index is 2.50. The van der Waals surface area contributed by atoms with Crippen molar-refractivity contribution in [3.63, 3.8) is 0 Å². The Morgan fingerprint density at radius 3 is 1.00 bits per heavy atom. The SMILES string of the molecule is c1ccc(-n2c3ccccc3c3ccc4c(c32)=c2c(ccc3c5ccccc5n(-c5ccccc5)c23)=c2ccccc2=c2ccccc2=4)cc1. The Morgan fingerprint density at radius 1 is 0.240 bits per heavy atom. The summed E-state index contributed by atoms with van der Waals surface area (Å²) >= 11 is 0. The van der Waals surface area contributed by atoms with Gasteiger partial charge >= 0.3 is 0 Å². The van der Waals surface area contributed by atoms with E-state index in [9.17, 15) is 0 Å². The highest BCUT2D eigenvalue weighted by molar-refractivity contribution is 6.11. The minimum absolute atomic E-state index is 1.15. The van der Waals surface area contributed by atoms with Crippen LogP contribution in [0.15, 0.2) is 182 Å². The average Bonchev–Trinajstić information content (AvgIpc) is 3.71. The third-order valence-corrected chi connectivity index (χ3v) is 10.7. The van der Waals surface area contributed by atoms with Crippen LogP contribution >= 0.6 is 0 Å². The number of aromatic nitrogens is 2. The Bertz CT molecular complexity index is 3180. The molecule has 0 saturated carbocycles. The van der Waals surface area contributed by atoms with Gasteiger partial charge in [-0.05, 0) is 67.7 Å². The number of nitrogens with zero attached hydrogens (tertiary/aromatic N) is 2. The third-order valence-electron chi connectivity index (χ3n) is 10.7. The first-order chi connectivity index (χ1) is 24.9. The van der Waals surface area contributed by atoms with Gasteiger partial charge in [-0.15, -0.1) is 0 Å². The Morgan fingerprint density at radius 2 is 0.580 bits per heavy atom. The number of para-hydroxylation sites is 4. The minimum Gasteiger partial charge on any atom is -0.309 e. The molecule has 0 spiro atoms. The van der Waals surface area contributed by atoms with Gasteiger partial charge in [0.15, 0.2) is 0 Å². The molecule has 232 valence electrons. The maximum Gasteiger partial charge on any atom is 0.0626 e. The zero-order valence-electron chi connectivity index (χ0n) is 27.2. The molecule has 1 aliphatic rings. The molecule has 11 rings (SSSR count). The first-order valence-electron chi connectivity index (χ1n) is 17.3. The van der Waals surface area contributed by atoms with E-state index in [1.807, 2.05) is 0 Å². The largest absolute Gasteiger partial charge is 0.309 e. The van der Waals surface area contributed by atoms with Crippen LogP contribution in [0.2, 0.25) is 0 Å². The Kier molecular flexibility index (Phi) is 5.70. The van der Waals surface area contributed by atoms with Gasteiger partial charge in [0.1, 0.15) is 0 Å². The number of hydrogen-bond acceptors (Lipinski definition) is 0. The zero-order valence-corrected chi connectivity index (χ0v) is 27.2. The summed E-state index contributed by atoms with van der Waals surface area (Å²) < 4.78 is 5.00. The number of hydrogen-bond donors (Lipinski definition) is 0. The van der Waals surface area contributed by atoms with Crippen LogP contribution in [-0.4, -0.2) is 9.13 Å². The Balaban J connectivity index is 1.64. The van der Waals surface area contributed by atoms with Crippen LogP contribution < -0.4 is 0 Å². The molecule has 0 saturated heterocycles. The van der Waals surface area contributed by atoms with Crippen LogP contribution in [0, 0.1) is 41.7 Å². The molecule has 1 aliphatic carbocycles. The van der Waals surface area contributed by atoms with Crippen LogP contribution in [0.25, 0.3) is 55.0 Å². The van der Waals surface area contributed by atoms with Gasteiger partial charge in [0.2, 0.25) is 0 Å². The molecule has 2 heterocycles. The molecule has 0 atom stereocenters.